The second-order valence-electron chi connectivity index (χ2n) is 16.2. The van der Waals surface area contributed by atoms with Gasteiger partial charge in [0.15, 0.2) is 23.8 Å². The number of carbonyl (C=O) groups excluding carboxylic acids is 6. The smallest absolute Gasteiger partial charge is 0.243 e. The van der Waals surface area contributed by atoms with Crippen LogP contribution in [0.1, 0.15) is 63.6 Å². The Morgan fingerprint density at radius 1 is 0.571 bits per heavy atom. The summed E-state index contributed by atoms with van der Waals surface area (Å²) >= 11 is 0. The third-order valence-electron chi connectivity index (χ3n) is 10.4. The number of benzene rings is 1. The molecule has 0 radical (unpaired) electrons. The topological polar surface area (TPSA) is 478 Å². The molecule has 390 valence electrons. The lowest BCUT2D eigenvalue weighted by atomic mass is 10.1. The fourth-order valence-corrected chi connectivity index (χ4v) is 6.83. The SMILES string of the molecule is NCCCCCCNCC(=O)N(CCCN=C(N)N)CC(=O)N(CCCN=C(N)N)CC(=O)N(CC(=O)N(CCCN=C(N)N)CC(=O)N[C@H](CCCN=C(N)N)C(N)=O)Cc1nc2ccccc2[nH]1. The summed E-state index contributed by atoms with van der Waals surface area (Å²) in [4.78, 5) is 111. The monoisotopic (exact) mass is 985 g/mol. The lowest BCUT2D eigenvalue weighted by Crippen LogP contribution is -2.52. The summed E-state index contributed by atoms with van der Waals surface area (Å²) in [6.45, 7) is -0.548. The Kier molecular flexibility index (Phi) is 27.7. The fraction of sp³-hybridized carbons (Fsp3) is 0.595. The lowest BCUT2D eigenvalue weighted by Gasteiger charge is -2.31. The summed E-state index contributed by atoms with van der Waals surface area (Å²) in [6, 6.07) is 6.04. The van der Waals surface area contributed by atoms with Crippen LogP contribution in [0.3, 0.4) is 0 Å². The predicted octanol–water partition coefficient (Wildman–Crippen LogP) is -5.50. The van der Waals surface area contributed by atoms with Crippen LogP contribution in [0.4, 0.5) is 0 Å². The molecule has 0 aliphatic carbocycles. The van der Waals surface area contributed by atoms with Crippen molar-refractivity contribution in [1.29, 1.82) is 0 Å². The quantitative estimate of drug-likeness (QED) is 0.0172. The van der Waals surface area contributed by atoms with Gasteiger partial charge in [-0.1, -0.05) is 25.0 Å². The first-order valence-corrected chi connectivity index (χ1v) is 23.2. The number of hydrogen-bond donors (Lipinski definition) is 13. The van der Waals surface area contributed by atoms with E-state index in [1.54, 1.807) is 24.3 Å². The van der Waals surface area contributed by atoms with E-state index >= 15 is 0 Å². The molecule has 0 bridgehead atoms. The number of aliphatic imine (C=N–C) groups is 4. The number of para-hydroxylation sites is 2. The van der Waals surface area contributed by atoms with E-state index in [-0.39, 0.29) is 108 Å². The van der Waals surface area contributed by atoms with E-state index in [1.165, 1.54) is 19.6 Å². The maximum atomic E-state index is 14.6. The molecule has 0 spiro atoms. The fourth-order valence-electron chi connectivity index (χ4n) is 6.83. The average molecular weight is 985 g/mol. The highest BCUT2D eigenvalue weighted by Gasteiger charge is 2.29. The van der Waals surface area contributed by atoms with Crippen LogP contribution >= 0.6 is 0 Å². The number of nitrogens with one attached hydrogen (secondary N) is 3. The van der Waals surface area contributed by atoms with Crippen LogP contribution in [0.15, 0.2) is 44.2 Å². The molecule has 28 heteroatoms. The third-order valence-corrected chi connectivity index (χ3v) is 10.4. The normalized spacial score (nSPS) is 11.2. The Morgan fingerprint density at radius 2 is 1.04 bits per heavy atom. The number of nitrogens with zero attached hydrogens (tertiary/aromatic N) is 9. The van der Waals surface area contributed by atoms with Crippen LogP contribution in [0.5, 0.6) is 0 Å². The minimum atomic E-state index is -1.11. The zero-order valence-electron chi connectivity index (χ0n) is 40.1. The number of unbranched alkanes of at least 4 members (excludes halogenated alkanes) is 3. The zero-order valence-corrected chi connectivity index (χ0v) is 40.1. The molecule has 23 N–H and O–H groups in total. The summed E-state index contributed by atoms with van der Waals surface area (Å²) in [5, 5.41) is 5.70. The molecule has 0 fully saturated rings. The highest BCUT2D eigenvalue weighted by atomic mass is 16.2. The summed E-state index contributed by atoms with van der Waals surface area (Å²) in [7, 11) is 0. The molecule has 70 heavy (non-hydrogen) atoms. The summed E-state index contributed by atoms with van der Waals surface area (Å²) in [6.07, 6.45) is 4.82. The van der Waals surface area contributed by atoms with Gasteiger partial charge in [0.25, 0.3) is 0 Å². The van der Waals surface area contributed by atoms with Crippen molar-refractivity contribution < 1.29 is 28.8 Å². The van der Waals surface area contributed by atoms with E-state index in [0.717, 1.165) is 25.7 Å². The summed E-state index contributed by atoms with van der Waals surface area (Å²) < 4.78 is 0. The van der Waals surface area contributed by atoms with Crippen molar-refractivity contribution in [3.63, 3.8) is 0 Å². The molecule has 6 amide bonds. The van der Waals surface area contributed by atoms with Gasteiger partial charge >= 0.3 is 0 Å². The van der Waals surface area contributed by atoms with E-state index in [0.29, 0.717) is 42.8 Å². The number of carbonyl (C=O) groups is 6. The van der Waals surface area contributed by atoms with Gasteiger partial charge in [-0.15, -0.1) is 0 Å². The molecule has 1 heterocycles. The molecule has 0 unspecified atom stereocenters. The molecule has 1 aromatic carbocycles. The van der Waals surface area contributed by atoms with Gasteiger partial charge in [0.2, 0.25) is 35.4 Å². The number of H-pyrrole nitrogens is 1. The van der Waals surface area contributed by atoms with Crippen molar-refractivity contribution in [2.24, 2.45) is 77.3 Å². The maximum absolute atomic E-state index is 14.6. The molecular weight excluding hydrogens is 909 g/mol. The number of hydrogen-bond acceptors (Lipinski definition) is 13. The highest BCUT2D eigenvalue weighted by molar-refractivity contribution is 5.93. The first-order chi connectivity index (χ1) is 33.4. The molecule has 1 aromatic heterocycles. The molecule has 0 saturated heterocycles. The Bertz CT molecular complexity index is 2040. The Labute approximate surface area is 407 Å². The van der Waals surface area contributed by atoms with E-state index in [4.69, 9.17) is 57.3 Å². The van der Waals surface area contributed by atoms with Crippen LogP contribution < -0.4 is 68.0 Å². The molecular formula is C42H76N22O6. The second kappa shape index (κ2) is 33.1. The van der Waals surface area contributed by atoms with Crippen molar-refractivity contribution in [3.05, 3.63) is 30.1 Å². The van der Waals surface area contributed by atoms with Gasteiger partial charge < -0.3 is 92.6 Å². The van der Waals surface area contributed by atoms with E-state index in [2.05, 4.69) is 40.6 Å². The summed E-state index contributed by atoms with van der Waals surface area (Å²) in [5.41, 5.74) is 56.4. The predicted molar refractivity (Wildman–Crippen MR) is 269 cm³/mol. The molecule has 28 nitrogen and oxygen atoms in total. The van der Waals surface area contributed by atoms with Crippen molar-refractivity contribution in [2.45, 2.75) is 70.4 Å². The van der Waals surface area contributed by atoms with Crippen LogP contribution in [-0.4, -0.2) is 187 Å². The van der Waals surface area contributed by atoms with Gasteiger partial charge in [-0.25, -0.2) is 4.98 Å². The molecule has 0 aliphatic rings. The standard InChI is InChI=1S/C42H76N22O6/c43-14-5-1-2-6-15-53-23-34(66)62(21-9-18-56-41(49)50)26-35(67)63(22-10-19-57-42(51)52)27-37(69)64(24-32-58-29-11-3-4-12-30(29)59-32)28-36(68)61(20-8-17-55-40(47)48)25-33(65)60-31(38(44)70)13-7-16-54-39(45)46/h3-4,11-12,31,53H,1-2,5-10,13-28,43H2,(H2,44,70)(H,58,59)(H,60,65)(H4,45,46,54)(H4,47,48,55)(H4,49,50,56)(H4,51,52,57)/t31-/m1/s1. The number of primary amides is 1. The van der Waals surface area contributed by atoms with E-state index < -0.39 is 61.8 Å². The van der Waals surface area contributed by atoms with Gasteiger partial charge in [-0.3, -0.25) is 48.7 Å². The summed E-state index contributed by atoms with van der Waals surface area (Å²) in [5.74, 6) is -4.12. The maximum Gasteiger partial charge on any atom is 0.243 e. The number of guanidine groups is 4. The van der Waals surface area contributed by atoms with Crippen molar-refractivity contribution >= 4 is 70.3 Å². The Balaban J connectivity index is 2.48. The van der Waals surface area contributed by atoms with Gasteiger partial charge in [-0.2, -0.15) is 0 Å². The number of aromatic nitrogens is 2. The van der Waals surface area contributed by atoms with Crippen LogP contribution in [0.25, 0.3) is 11.0 Å². The molecule has 0 aliphatic heterocycles. The Morgan fingerprint density at radius 3 is 1.56 bits per heavy atom. The second-order valence-corrected chi connectivity index (χ2v) is 16.2. The first kappa shape index (κ1) is 58.6. The average Bonchev–Trinajstić information content (AvgIpc) is 3.71. The minimum absolute atomic E-state index is 0.0189. The molecule has 2 rings (SSSR count). The van der Waals surface area contributed by atoms with Crippen LogP contribution in [0, 0.1) is 0 Å². The number of fused-ring (bicyclic) bond motifs is 1. The lowest BCUT2D eigenvalue weighted by molar-refractivity contribution is -0.147. The van der Waals surface area contributed by atoms with E-state index in [9.17, 15) is 28.8 Å². The molecule has 0 saturated carbocycles. The number of nitrogens with two attached hydrogens (primary N) is 10. The first-order valence-electron chi connectivity index (χ1n) is 23.2. The van der Waals surface area contributed by atoms with Crippen molar-refractivity contribution in [1.82, 2.24) is 40.2 Å². The van der Waals surface area contributed by atoms with Gasteiger partial charge in [0.1, 0.15) is 18.4 Å². The number of imidazole rings is 1. The minimum Gasteiger partial charge on any atom is -0.370 e. The van der Waals surface area contributed by atoms with Gasteiger partial charge in [0, 0.05) is 45.8 Å². The zero-order chi connectivity index (χ0) is 51.8. The van der Waals surface area contributed by atoms with Gasteiger partial charge in [0.05, 0.1) is 43.8 Å². The van der Waals surface area contributed by atoms with Crippen LogP contribution in [-0.2, 0) is 35.3 Å². The van der Waals surface area contributed by atoms with Crippen LogP contribution in [0.2, 0.25) is 0 Å². The number of rotatable bonds is 36. The largest absolute Gasteiger partial charge is 0.370 e. The number of amides is 6. The molecule has 1 atom stereocenters. The number of aromatic amines is 1. The van der Waals surface area contributed by atoms with Crippen molar-refractivity contribution in [2.75, 3.05) is 91.6 Å². The third kappa shape index (κ3) is 25.0. The molecule has 2 aromatic rings. The van der Waals surface area contributed by atoms with E-state index in [1.807, 2.05) is 0 Å². The Hall–Kier alpha value is -7.49. The van der Waals surface area contributed by atoms with Crippen molar-refractivity contribution in [3.8, 4) is 0 Å². The highest BCUT2D eigenvalue weighted by Crippen LogP contribution is 2.14. The van der Waals surface area contributed by atoms with Gasteiger partial charge in [-0.05, 0) is 70.2 Å².